The normalized spacial score (nSPS) is 55.3. The molecule has 4 fully saturated rings. The molecular weight excluding hydrogens is 322 g/mol. The number of oxime groups is 1. The Labute approximate surface area is 155 Å². The Balaban J connectivity index is 1.39. The van der Waals surface area contributed by atoms with Crippen molar-refractivity contribution >= 4 is 5.71 Å². The van der Waals surface area contributed by atoms with Crippen LogP contribution in [-0.2, 0) is 4.74 Å². The third kappa shape index (κ3) is 1.67. The molecule has 1 spiro atoms. The van der Waals surface area contributed by atoms with E-state index in [2.05, 4.69) is 36.9 Å². The molecule has 0 radical (unpaired) electrons. The molecule has 1 heterocycles. The van der Waals surface area contributed by atoms with Gasteiger partial charge in [0.2, 0.25) is 0 Å². The second-order valence-corrected chi connectivity index (χ2v) is 9.97. The molecule has 26 heavy (non-hydrogen) atoms. The van der Waals surface area contributed by atoms with Crippen LogP contribution in [0, 0.1) is 40.9 Å². The number of fused-ring (bicyclic) bond motifs is 9. The van der Waals surface area contributed by atoms with Crippen molar-refractivity contribution in [3.8, 4) is 0 Å². The second-order valence-electron chi connectivity index (χ2n) is 9.97. The smallest absolute Gasteiger partial charge is 0.0954 e. The Hall–Kier alpha value is -1.35. The van der Waals surface area contributed by atoms with E-state index in [0.29, 0.717) is 11.3 Å². The monoisotopic (exact) mass is 351 g/mol. The van der Waals surface area contributed by atoms with Crippen LogP contribution in [0.25, 0.3) is 0 Å². The van der Waals surface area contributed by atoms with Crippen molar-refractivity contribution in [2.45, 2.75) is 51.0 Å². The van der Waals surface area contributed by atoms with Gasteiger partial charge >= 0.3 is 0 Å². The minimum absolute atomic E-state index is 0.0357. The average molecular weight is 351 g/mol. The van der Waals surface area contributed by atoms with E-state index >= 15 is 0 Å². The number of allylic oxidation sites excluding steroid dienone is 3. The maximum absolute atomic E-state index is 9.21. The van der Waals surface area contributed by atoms with Crippen LogP contribution in [0.3, 0.4) is 0 Å². The standard InChI is InChI=1S/C23H29NO2/c1-13-10-18-16(15-5-4-14(24-25)11-17(13)15)6-8-22(2)21(18)19-12-20(19)23(22)7-3-9-26-23/h3,7,11,15-16,18-21,25H,1,4-6,8-10,12H2,2H3/b24-14+/t15-,16?,18?,19?,20?,21?,22+,23+/m1/s1. The van der Waals surface area contributed by atoms with E-state index in [1.807, 2.05) is 0 Å². The fourth-order valence-corrected chi connectivity index (χ4v) is 8.29. The van der Waals surface area contributed by atoms with Gasteiger partial charge in [0.1, 0.15) is 0 Å². The largest absolute Gasteiger partial charge is 0.411 e. The average Bonchev–Trinajstić information content (AvgIpc) is 3.20. The third-order valence-corrected chi connectivity index (χ3v) is 9.24. The zero-order valence-corrected chi connectivity index (χ0v) is 15.7. The van der Waals surface area contributed by atoms with Gasteiger partial charge in [-0.2, -0.15) is 0 Å². The van der Waals surface area contributed by atoms with Gasteiger partial charge in [-0.1, -0.05) is 36.4 Å². The van der Waals surface area contributed by atoms with E-state index in [9.17, 15) is 5.21 Å². The summed E-state index contributed by atoms with van der Waals surface area (Å²) in [6.45, 7) is 7.83. The van der Waals surface area contributed by atoms with Crippen molar-refractivity contribution in [1.82, 2.24) is 0 Å². The van der Waals surface area contributed by atoms with Crippen molar-refractivity contribution in [3.05, 3.63) is 36.0 Å². The van der Waals surface area contributed by atoms with Gasteiger partial charge in [0, 0.05) is 5.41 Å². The van der Waals surface area contributed by atoms with Crippen LogP contribution in [0.5, 0.6) is 0 Å². The molecule has 5 aliphatic carbocycles. The molecule has 1 N–H and O–H groups in total. The molecule has 0 aromatic rings. The molecule has 8 atom stereocenters. The molecule has 0 amide bonds. The highest BCUT2D eigenvalue weighted by Crippen LogP contribution is 2.77. The second kappa shape index (κ2) is 4.92. The molecule has 3 nitrogen and oxygen atoms in total. The summed E-state index contributed by atoms with van der Waals surface area (Å²) in [5.74, 6) is 4.60. The van der Waals surface area contributed by atoms with Crippen LogP contribution in [0.1, 0.15) is 45.4 Å². The lowest BCUT2D eigenvalue weighted by Gasteiger charge is -2.57. The molecule has 5 unspecified atom stereocenters. The van der Waals surface area contributed by atoms with E-state index in [1.54, 1.807) is 0 Å². The number of ether oxygens (including phenoxy) is 1. The first-order valence-corrected chi connectivity index (χ1v) is 10.5. The summed E-state index contributed by atoms with van der Waals surface area (Å²) in [5.41, 5.74) is 3.88. The van der Waals surface area contributed by atoms with E-state index in [0.717, 1.165) is 61.2 Å². The van der Waals surface area contributed by atoms with Crippen molar-refractivity contribution in [1.29, 1.82) is 0 Å². The molecule has 0 bridgehead atoms. The van der Waals surface area contributed by atoms with Crippen LogP contribution < -0.4 is 0 Å². The molecule has 0 aromatic carbocycles. The third-order valence-electron chi connectivity index (χ3n) is 9.24. The first-order valence-electron chi connectivity index (χ1n) is 10.5. The highest BCUT2D eigenvalue weighted by atomic mass is 16.5. The zero-order valence-electron chi connectivity index (χ0n) is 15.7. The van der Waals surface area contributed by atoms with E-state index in [4.69, 9.17) is 4.74 Å². The summed E-state index contributed by atoms with van der Waals surface area (Å²) < 4.78 is 6.48. The van der Waals surface area contributed by atoms with Gasteiger partial charge < -0.3 is 9.94 Å². The topological polar surface area (TPSA) is 41.8 Å². The number of hydrogen-bond acceptors (Lipinski definition) is 3. The Morgan fingerprint density at radius 2 is 2.15 bits per heavy atom. The van der Waals surface area contributed by atoms with E-state index in [1.165, 1.54) is 30.4 Å². The van der Waals surface area contributed by atoms with Crippen LogP contribution in [-0.4, -0.2) is 23.1 Å². The van der Waals surface area contributed by atoms with Crippen LogP contribution in [0.2, 0.25) is 0 Å². The fraction of sp³-hybridized carbons (Fsp3) is 0.696. The maximum Gasteiger partial charge on any atom is 0.0954 e. The van der Waals surface area contributed by atoms with Crippen molar-refractivity contribution in [2.75, 3.05) is 6.61 Å². The first kappa shape index (κ1) is 15.7. The number of nitrogens with zero attached hydrogens (tertiary/aromatic N) is 1. The van der Waals surface area contributed by atoms with Crippen molar-refractivity contribution in [2.24, 2.45) is 46.1 Å². The predicted molar refractivity (Wildman–Crippen MR) is 101 cm³/mol. The Kier molecular flexibility index (Phi) is 2.97. The molecular formula is C23H29NO2. The fourth-order valence-electron chi connectivity index (χ4n) is 8.29. The summed E-state index contributed by atoms with van der Waals surface area (Å²) in [7, 11) is 0. The van der Waals surface area contributed by atoms with Gasteiger partial charge in [-0.25, -0.2) is 0 Å². The molecule has 0 aromatic heterocycles. The van der Waals surface area contributed by atoms with Crippen molar-refractivity contribution < 1.29 is 9.94 Å². The Morgan fingerprint density at radius 3 is 2.92 bits per heavy atom. The lowest BCUT2D eigenvalue weighted by molar-refractivity contribution is -0.128. The summed E-state index contributed by atoms with van der Waals surface area (Å²) in [6.07, 6.45) is 14.0. The van der Waals surface area contributed by atoms with E-state index < -0.39 is 0 Å². The molecule has 1 aliphatic heterocycles. The quantitative estimate of drug-likeness (QED) is 0.389. The van der Waals surface area contributed by atoms with E-state index in [-0.39, 0.29) is 5.60 Å². The highest BCUT2D eigenvalue weighted by Gasteiger charge is 2.76. The van der Waals surface area contributed by atoms with Gasteiger partial charge in [-0.3, -0.25) is 0 Å². The molecule has 0 saturated heterocycles. The zero-order chi connectivity index (χ0) is 17.7. The Bertz CT molecular complexity index is 779. The van der Waals surface area contributed by atoms with Gasteiger partial charge in [-0.15, -0.1) is 0 Å². The minimum atomic E-state index is 0.0357. The molecule has 6 rings (SSSR count). The van der Waals surface area contributed by atoms with Gasteiger partial charge in [-0.05, 0) is 85.7 Å². The SMILES string of the molecule is C=C1CC2C(CC[C@@]3(C)C2C2CC2[C@@]32C=CCO2)[C@H]2CC/C(=N\O)C=C12. The van der Waals surface area contributed by atoms with Gasteiger partial charge in [0.05, 0.1) is 17.9 Å². The number of hydrogen-bond donors (Lipinski definition) is 1. The van der Waals surface area contributed by atoms with Crippen molar-refractivity contribution in [3.63, 3.8) is 0 Å². The van der Waals surface area contributed by atoms with Gasteiger partial charge in [0.15, 0.2) is 0 Å². The molecule has 4 saturated carbocycles. The lowest BCUT2D eigenvalue weighted by Crippen LogP contribution is -2.54. The van der Waals surface area contributed by atoms with Gasteiger partial charge in [0.25, 0.3) is 0 Å². The van der Waals surface area contributed by atoms with Crippen LogP contribution in [0.4, 0.5) is 0 Å². The molecule has 3 heteroatoms. The van der Waals surface area contributed by atoms with Crippen LogP contribution in [0.15, 0.2) is 41.1 Å². The first-order chi connectivity index (χ1) is 12.6. The summed E-state index contributed by atoms with van der Waals surface area (Å²) in [6, 6.07) is 0. The van der Waals surface area contributed by atoms with Crippen LogP contribution >= 0.6 is 0 Å². The maximum atomic E-state index is 9.21. The lowest BCUT2D eigenvalue weighted by atomic mass is 9.48. The summed E-state index contributed by atoms with van der Waals surface area (Å²) >= 11 is 0. The minimum Gasteiger partial charge on any atom is -0.411 e. The molecule has 138 valence electrons. The summed E-state index contributed by atoms with van der Waals surface area (Å²) in [5, 5.41) is 12.7. The number of rotatable bonds is 0. The Morgan fingerprint density at radius 1 is 1.27 bits per heavy atom. The highest BCUT2D eigenvalue weighted by molar-refractivity contribution is 5.96. The summed E-state index contributed by atoms with van der Waals surface area (Å²) in [4.78, 5) is 0. The predicted octanol–water partition coefficient (Wildman–Crippen LogP) is 4.74. The molecule has 6 aliphatic rings.